The van der Waals surface area contributed by atoms with Crippen molar-refractivity contribution in [3.05, 3.63) is 107 Å². The van der Waals surface area contributed by atoms with Gasteiger partial charge in [0.1, 0.15) is 0 Å². The molecule has 288 valence electrons. The molecule has 53 heavy (non-hydrogen) atoms. The summed E-state index contributed by atoms with van der Waals surface area (Å²) in [6, 6.07) is 31.2. The molecule has 3 fully saturated rings. The Morgan fingerprint density at radius 3 is 1.43 bits per heavy atom. The minimum atomic E-state index is 0. The van der Waals surface area contributed by atoms with Crippen molar-refractivity contribution in [2.75, 3.05) is 85.9 Å². The quantitative estimate of drug-likeness (QED) is 0.103. The van der Waals surface area contributed by atoms with Crippen LogP contribution in [-0.2, 0) is 0 Å². The number of quaternary nitrogens is 1. The van der Waals surface area contributed by atoms with E-state index in [0.717, 1.165) is 36.8 Å². The Morgan fingerprint density at radius 2 is 1.00 bits per heavy atom. The molecular weight excluding hydrogens is 888 g/mol. The first kappa shape index (κ1) is 44.3. The van der Waals surface area contributed by atoms with Gasteiger partial charge in [-0.3, -0.25) is 0 Å². The highest BCUT2D eigenvalue weighted by molar-refractivity contribution is 9.09. The van der Waals surface area contributed by atoms with Gasteiger partial charge in [-0.05, 0) is 88.1 Å². The Morgan fingerprint density at radius 1 is 0.566 bits per heavy atom. The molecule has 3 heterocycles. The van der Waals surface area contributed by atoms with Gasteiger partial charge in [-0.15, -0.1) is 0 Å². The van der Waals surface area contributed by atoms with Crippen molar-refractivity contribution in [1.82, 2.24) is 5.32 Å². The van der Waals surface area contributed by atoms with Crippen molar-refractivity contribution in [3.8, 4) is 0 Å². The number of piperazine rings is 2. The van der Waals surface area contributed by atoms with Crippen LogP contribution in [0.5, 0.6) is 0 Å². The first-order valence-corrected chi connectivity index (χ1v) is 23.0. The van der Waals surface area contributed by atoms with Gasteiger partial charge in [0.2, 0.25) is 0 Å². The predicted molar refractivity (Wildman–Crippen MR) is 236 cm³/mol. The summed E-state index contributed by atoms with van der Waals surface area (Å²) in [6.45, 7) is 20.9. The fourth-order valence-corrected chi connectivity index (χ4v) is 10.2. The number of anilines is 2. The second-order valence-corrected chi connectivity index (χ2v) is 18.2. The standard InChI is InChI=1S/C22H29N2S.C18H22N2S.C4H8Br2.BrH/c1-18-9-10-21(19(2)17-18)25-22-8-4-3-7-20(22)23-11-15-24(16-12-23)13-5-6-14-24;1-14-7-8-17(15(2)13-14)21-18-6-4-3-5-16(18)20-11-9-19-10-12-20;5-3-1-2-4-6;/h3-4,7-10,17H,5-6,11-16H2,1-2H3;3-8,13,19H,9-12H2,1-2H3;1-4H2;1H/q+1;;;/p-1. The zero-order valence-electron chi connectivity index (χ0n) is 32.2. The number of nitrogens with zero attached hydrogens (tertiary/aromatic N) is 3. The molecular formula is C44H59Br3N4S2. The zero-order valence-corrected chi connectivity index (χ0v) is 38.6. The molecule has 0 atom stereocenters. The average molecular weight is 948 g/mol. The Bertz CT molecular complexity index is 1680. The van der Waals surface area contributed by atoms with Crippen LogP contribution in [0.2, 0.25) is 0 Å². The van der Waals surface area contributed by atoms with Gasteiger partial charge in [0.05, 0.1) is 50.6 Å². The van der Waals surface area contributed by atoms with Gasteiger partial charge in [-0.1, -0.05) is 115 Å². The molecule has 4 aromatic rings. The third-order valence-electron chi connectivity index (χ3n) is 10.4. The maximum atomic E-state index is 3.42. The van der Waals surface area contributed by atoms with Gasteiger partial charge in [-0.25, -0.2) is 0 Å². The van der Waals surface area contributed by atoms with Crippen LogP contribution < -0.4 is 32.1 Å². The molecule has 0 radical (unpaired) electrons. The molecule has 4 aromatic carbocycles. The molecule has 0 amide bonds. The number of hydrogen-bond acceptors (Lipinski definition) is 5. The van der Waals surface area contributed by atoms with E-state index in [1.807, 2.05) is 23.5 Å². The third-order valence-corrected chi connectivity index (χ3v) is 14.0. The SMILES string of the molecule is BrCCCCBr.Cc1ccc(Sc2ccccc2N2CCNCC2)c(C)c1.Cc1ccc(Sc2ccccc2N2CC[N+]3(CCCC3)CC2)c(C)c1.[Br-]. The Balaban J connectivity index is 0.000000204. The molecule has 4 nitrogen and oxygen atoms in total. The Hall–Kier alpha value is -1.46. The molecule has 0 unspecified atom stereocenters. The van der Waals surface area contributed by atoms with Crippen LogP contribution in [0.4, 0.5) is 11.4 Å². The van der Waals surface area contributed by atoms with E-state index in [9.17, 15) is 0 Å². The third kappa shape index (κ3) is 13.3. The summed E-state index contributed by atoms with van der Waals surface area (Å²) in [5, 5.41) is 5.70. The van der Waals surface area contributed by atoms with Gasteiger partial charge in [0, 0.05) is 69.3 Å². The number of hydrogen-bond donors (Lipinski definition) is 1. The highest BCUT2D eigenvalue weighted by Crippen LogP contribution is 2.39. The second kappa shape index (κ2) is 22.9. The van der Waals surface area contributed by atoms with E-state index >= 15 is 0 Å². The smallest absolute Gasteiger partial charge is 0.0965 e. The summed E-state index contributed by atoms with van der Waals surface area (Å²) in [6.07, 6.45) is 5.43. The number of aryl methyl sites for hydroxylation is 4. The van der Waals surface area contributed by atoms with Crippen LogP contribution >= 0.6 is 55.4 Å². The molecule has 0 bridgehead atoms. The molecule has 7 rings (SSSR count). The average Bonchev–Trinajstić information content (AvgIpc) is 3.62. The molecule has 0 saturated carbocycles. The number of alkyl halides is 2. The van der Waals surface area contributed by atoms with E-state index in [2.05, 4.69) is 160 Å². The molecule has 1 spiro atoms. The molecule has 3 saturated heterocycles. The van der Waals surface area contributed by atoms with Gasteiger partial charge in [-0.2, -0.15) is 0 Å². The van der Waals surface area contributed by atoms with Crippen molar-refractivity contribution in [3.63, 3.8) is 0 Å². The van der Waals surface area contributed by atoms with E-state index < -0.39 is 0 Å². The lowest BCUT2D eigenvalue weighted by atomic mass is 10.2. The molecule has 0 aliphatic carbocycles. The topological polar surface area (TPSA) is 18.5 Å². The van der Waals surface area contributed by atoms with Crippen molar-refractivity contribution < 1.29 is 21.5 Å². The Kier molecular flexibility index (Phi) is 19.2. The van der Waals surface area contributed by atoms with Crippen molar-refractivity contribution in [2.45, 2.75) is 73.0 Å². The monoisotopic (exact) mass is 944 g/mol. The zero-order chi connectivity index (χ0) is 36.8. The number of nitrogens with one attached hydrogen (secondary N) is 1. The normalized spacial score (nSPS) is 16.3. The van der Waals surface area contributed by atoms with Crippen molar-refractivity contribution >= 4 is 66.8 Å². The summed E-state index contributed by atoms with van der Waals surface area (Å²) in [4.78, 5) is 10.6. The van der Waals surface area contributed by atoms with Gasteiger partial charge in [0.15, 0.2) is 0 Å². The van der Waals surface area contributed by atoms with Gasteiger partial charge in [0.25, 0.3) is 0 Å². The van der Waals surface area contributed by atoms with E-state index in [4.69, 9.17) is 0 Å². The number of halogens is 3. The second-order valence-electron chi connectivity index (χ2n) is 14.4. The molecule has 1 N–H and O–H groups in total. The molecule has 9 heteroatoms. The highest BCUT2D eigenvalue weighted by Gasteiger charge is 2.36. The number of benzene rings is 4. The summed E-state index contributed by atoms with van der Waals surface area (Å²) < 4.78 is 1.38. The number of unbranched alkanes of at least 4 members (excludes halogenated alkanes) is 1. The van der Waals surface area contributed by atoms with E-state index in [1.54, 1.807) is 0 Å². The largest absolute Gasteiger partial charge is 1.00 e. The summed E-state index contributed by atoms with van der Waals surface area (Å²) in [5.74, 6) is 0. The number of rotatable bonds is 9. The van der Waals surface area contributed by atoms with E-state index in [-0.39, 0.29) is 17.0 Å². The van der Waals surface area contributed by atoms with Crippen LogP contribution in [0.25, 0.3) is 0 Å². The maximum absolute atomic E-state index is 3.42. The van der Waals surface area contributed by atoms with Crippen molar-refractivity contribution in [2.24, 2.45) is 0 Å². The molecule has 0 aromatic heterocycles. The fraction of sp³-hybridized carbons (Fsp3) is 0.455. The van der Waals surface area contributed by atoms with E-state index in [0.29, 0.717) is 0 Å². The first-order chi connectivity index (χ1) is 25.3. The van der Waals surface area contributed by atoms with Crippen LogP contribution in [0, 0.1) is 27.7 Å². The predicted octanol–water partition coefficient (Wildman–Crippen LogP) is 8.31. The number of para-hydroxylation sites is 2. The first-order valence-electron chi connectivity index (χ1n) is 19.2. The lowest BCUT2D eigenvalue weighted by Gasteiger charge is -2.43. The lowest BCUT2D eigenvalue weighted by Crippen LogP contribution is -3.00. The summed E-state index contributed by atoms with van der Waals surface area (Å²) >= 11 is 10.5. The van der Waals surface area contributed by atoms with Crippen LogP contribution in [0.15, 0.2) is 105 Å². The minimum absolute atomic E-state index is 0. The van der Waals surface area contributed by atoms with Gasteiger partial charge >= 0.3 is 0 Å². The minimum Gasteiger partial charge on any atom is -1.00 e. The summed E-state index contributed by atoms with van der Waals surface area (Å²) in [7, 11) is 0. The fourth-order valence-electron chi connectivity index (χ4n) is 7.35. The lowest BCUT2D eigenvalue weighted by molar-refractivity contribution is -0.917. The van der Waals surface area contributed by atoms with Crippen LogP contribution in [-0.4, -0.2) is 80.6 Å². The maximum Gasteiger partial charge on any atom is 0.0965 e. The highest BCUT2D eigenvalue weighted by atomic mass is 79.9. The molecule has 3 aliphatic rings. The van der Waals surface area contributed by atoms with Gasteiger partial charge < -0.3 is 36.6 Å². The summed E-state index contributed by atoms with van der Waals surface area (Å²) in [5.41, 5.74) is 8.18. The van der Waals surface area contributed by atoms with Crippen molar-refractivity contribution in [1.29, 1.82) is 0 Å². The van der Waals surface area contributed by atoms with Crippen LogP contribution in [0.3, 0.4) is 0 Å². The van der Waals surface area contributed by atoms with Crippen LogP contribution in [0.1, 0.15) is 47.9 Å². The molecule has 3 aliphatic heterocycles. The Labute approximate surface area is 356 Å². The van der Waals surface area contributed by atoms with E-state index in [1.165, 1.54) is 123 Å².